The number of aliphatic carboxylic acids is 1. The van der Waals surface area contributed by atoms with Crippen LogP contribution in [0.1, 0.15) is 194 Å². The summed E-state index contributed by atoms with van der Waals surface area (Å²) in [7, 11) is 5.51. The predicted octanol–water partition coefficient (Wildman–Crippen LogP) is 12.8. The van der Waals surface area contributed by atoms with Crippen molar-refractivity contribution in [3.8, 4) is 0 Å². The van der Waals surface area contributed by atoms with Gasteiger partial charge in [0.2, 0.25) is 0 Å². The van der Waals surface area contributed by atoms with Crippen LogP contribution in [-0.2, 0) is 28.6 Å². The first-order valence-electron chi connectivity index (χ1n) is 23.2. The second-order valence-electron chi connectivity index (χ2n) is 16.7. The molecule has 0 spiro atoms. The van der Waals surface area contributed by atoms with Gasteiger partial charge in [0.05, 0.1) is 34.4 Å². The maximum Gasteiger partial charge on any atom is 0.362 e. The summed E-state index contributed by atoms with van der Waals surface area (Å²) in [4.78, 5) is 36.9. The zero-order chi connectivity index (χ0) is 42.1. The van der Waals surface area contributed by atoms with Gasteiger partial charge < -0.3 is 23.8 Å². The summed E-state index contributed by atoms with van der Waals surface area (Å²) < 4.78 is 17.2. The molecule has 0 aromatic carbocycles. The van der Waals surface area contributed by atoms with Crippen molar-refractivity contribution in [1.29, 1.82) is 0 Å². The van der Waals surface area contributed by atoms with E-state index in [0.717, 1.165) is 64.2 Å². The van der Waals surface area contributed by atoms with Crippen LogP contribution in [0.25, 0.3) is 0 Å². The number of hydrogen-bond acceptors (Lipinski definition) is 6. The molecule has 8 nitrogen and oxygen atoms in total. The van der Waals surface area contributed by atoms with Gasteiger partial charge in [-0.25, -0.2) is 4.79 Å². The number of allylic oxidation sites excluding steroid dienone is 8. The van der Waals surface area contributed by atoms with Crippen LogP contribution in [-0.4, -0.2) is 80.6 Å². The molecule has 0 heterocycles. The minimum atomic E-state index is -0.881. The first-order chi connectivity index (χ1) is 27.6. The van der Waals surface area contributed by atoms with E-state index in [1.807, 2.05) is 21.1 Å². The number of likely N-dealkylation sites (N-methyl/N-ethyl adjacent to an activating group) is 1. The monoisotopic (exact) mass is 803 g/mol. The van der Waals surface area contributed by atoms with Crippen LogP contribution in [0.15, 0.2) is 48.6 Å². The number of carbonyl (C=O) groups excluding carboxylic acids is 2. The lowest BCUT2D eigenvalue weighted by Crippen LogP contribution is -2.50. The van der Waals surface area contributed by atoms with E-state index in [0.29, 0.717) is 19.3 Å². The quantitative estimate of drug-likeness (QED) is 0.0216. The number of unbranched alkanes of at least 4 members (excludes halogenated alkanes) is 20. The van der Waals surface area contributed by atoms with Gasteiger partial charge in [0, 0.05) is 19.3 Å². The standard InChI is InChI=1S/C49H87NO7/c1-6-8-10-12-14-16-18-19-20-21-22-23-24-25-26-27-28-30-32-34-36-38-40-48(52)57-45(43-55-42-41-46(49(53)54)50(3,4)5)44-56-47(51)39-37-35-33-31-29-17-15-13-11-9-7-2/h13,15,17,21-22,24-25,29,45-46H,6-12,14,16,18-20,23,26-28,30-44H2,1-5H3/p+1/b15-13+,22-21+,25-24+,29-17+. The summed E-state index contributed by atoms with van der Waals surface area (Å²) in [6.07, 6.45) is 47.3. The molecule has 2 unspecified atom stereocenters. The number of rotatable bonds is 41. The van der Waals surface area contributed by atoms with E-state index < -0.39 is 18.1 Å². The molecular weight excluding hydrogens is 715 g/mol. The van der Waals surface area contributed by atoms with Gasteiger partial charge >= 0.3 is 17.9 Å². The second kappa shape index (κ2) is 40.1. The van der Waals surface area contributed by atoms with E-state index in [2.05, 4.69) is 62.5 Å². The van der Waals surface area contributed by atoms with Crippen molar-refractivity contribution in [3.63, 3.8) is 0 Å². The number of carbonyl (C=O) groups is 3. The van der Waals surface area contributed by atoms with Crippen LogP contribution >= 0.6 is 0 Å². The average Bonchev–Trinajstić information content (AvgIpc) is 3.17. The van der Waals surface area contributed by atoms with Crippen molar-refractivity contribution < 1.29 is 38.2 Å². The number of ether oxygens (including phenoxy) is 3. The average molecular weight is 803 g/mol. The highest BCUT2D eigenvalue weighted by Gasteiger charge is 2.31. The van der Waals surface area contributed by atoms with Crippen molar-refractivity contribution in [1.82, 2.24) is 0 Å². The normalized spacial score (nSPS) is 13.4. The Kier molecular flexibility index (Phi) is 38.2. The van der Waals surface area contributed by atoms with Gasteiger partial charge in [-0.2, -0.15) is 0 Å². The molecule has 0 aliphatic carbocycles. The molecule has 0 bridgehead atoms. The van der Waals surface area contributed by atoms with E-state index in [-0.39, 0.29) is 36.2 Å². The Morgan fingerprint density at radius 2 is 1.00 bits per heavy atom. The Labute approximate surface area is 350 Å². The van der Waals surface area contributed by atoms with Crippen LogP contribution in [0, 0.1) is 0 Å². The van der Waals surface area contributed by atoms with Crippen LogP contribution < -0.4 is 0 Å². The van der Waals surface area contributed by atoms with Gasteiger partial charge in [-0.3, -0.25) is 9.59 Å². The van der Waals surface area contributed by atoms with Gasteiger partial charge in [-0.05, 0) is 64.2 Å². The van der Waals surface area contributed by atoms with Crippen molar-refractivity contribution in [2.75, 3.05) is 41.0 Å². The molecule has 330 valence electrons. The third kappa shape index (κ3) is 38.6. The highest BCUT2D eigenvalue weighted by molar-refractivity contribution is 5.72. The van der Waals surface area contributed by atoms with Gasteiger partial charge in [-0.15, -0.1) is 0 Å². The van der Waals surface area contributed by atoms with Crippen molar-refractivity contribution in [2.45, 2.75) is 206 Å². The Bertz CT molecular complexity index is 1070. The SMILES string of the molecule is CCCC/C=C/C=C/CCCCCC(=O)OCC(COCCC(C(=O)O)[N+](C)(C)C)OC(=O)CCCCCCCCC/C=C/C/C=C/CCCCCCCCCC. The molecule has 0 amide bonds. The lowest BCUT2D eigenvalue weighted by atomic mass is 10.1. The molecule has 0 aliphatic rings. The summed E-state index contributed by atoms with van der Waals surface area (Å²) in [6, 6.07) is -0.620. The fraction of sp³-hybridized carbons (Fsp3) is 0.776. The number of carboxylic acid groups (broad SMARTS) is 1. The molecule has 0 saturated carbocycles. The molecule has 8 heteroatoms. The first kappa shape index (κ1) is 54.3. The molecule has 1 N–H and O–H groups in total. The Balaban J connectivity index is 4.29. The number of nitrogens with zero attached hydrogens (tertiary/aromatic N) is 1. The van der Waals surface area contributed by atoms with Crippen LogP contribution in [0.2, 0.25) is 0 Å². The summed E-state index contributed by atoms with van der Waals surface area (Å²) in [5, 5.41) is 9.62. The maximum atomic E-state index is 12.7. The first-order valence-corrected chi connectivity index (χ1v) is 23.2. The number of carboxylic acids is 1. The minimum Gasteiger partial charge on any atom is -0.477 e. The molecule has 0 aliphatic heterocycles. The van der Waals surface area contributed by atoms with E-state index in [9.17, 15) is 19.5 Å². The number of quaternary nitrogens is 1. The van der Waals surface area contributed by atoms with Crippen LogP contribution in [0.3, 0.4) is 0 Å². The fourth-order valence-electron chi connectivity index (χ4n) is 6.57. The molecule has 2 atom stereocenters. The molecular formula is C49H88NO7+. The lowest BCUT2D eigenvalue weighted by molar-refractivity contribution is -0.887. The highest BCUT2D eigenvalue weighted by Crippen LogP contribution is 2.14. The van der Waals surface area contributed by atoms with E-state index in [1.165, 1.54) is 96.3 Å². The number of esters is 2. The second-order valence-corrected chi connectivity index (χ2v) is 16.7. The highest BCUT2D eigenvalue weighted by atomic mass is 16.6. The van der Waals surface area contributed by atoms with Crippen molar-refractivity contribution in [2.24, 2.45) is 0 Å². The zero-order valence-corrected chi connectivity index (χ0v) is 37.5. The molecule has 0 aromatic rings. The maximum absolute atomic E-state index is 12.7. The molecule has 0 fully saturated rings. The van der Waals surface area contributed by atoms with Crippen LogP contribution in [0.4, 0.5) is 0 Å². The minimum absolute atomic E-state index is 0.0486. The van der Waals surface area contributed by atoms with Crippen molar-refractivity contribution >= 4 is 17.9 Å². The lowest BCUT2D eigenvalue weighted by Gasteiger charge is -2.31. The van der Waals surface area contributed by atoms with Gasteiger partial charge in [0.1, 0.15) is 6.61 Å². The van der Waals surface area contributed by atoms with E-state index >= 15 is 0 Å². The Hall–Kier alpha value is -2.71. The summed E-state index contributed by atoms with van der Waals surface area (Å²) in [6.45, 7) is 4.64. The van der Waals surface area contributed by atoms with Gasteiger partial charge in [0.15, 0.2) is 12.1 Å². The molecule has 57 heavy (non-hydrogen) atoms. The molecule has 0 rings (SSSR count). The Morgan fingerprint density at radius 1 is 0.544 bits per heavy atom. The largest absolute Gasteiger partial charge is 0.477 e. The molecule has 0 aromatic heterocycles. The van der Waals surface area contributed by atoms with E-state index in [4.69, 9.17) is 14.2 Å². The topological polar surface area (TPSA) is 99.1 Å². The third-order valence-electron chi connectivity index (χ3n) is 10.2. The summed E-state index contributed by atoms with van der Waals surface area (Å²) in [5.74, 6) is -1.51. The number of hydrogen-bond donors (Lipinski definition) is 1. The summed E-state index contributed by atoms with van der Waals surface area (Å²) in [5.41, 5.74) is 0. The van der Waals surface area contributed by atoms with Crippen LogP contribution in [0.5, 0.6) is 0 Å². The smallest absolute Gasteiger partial charge is 0.362 e. The zero-order valence-electron chi connectivity index (χ0n) is 37.5. The summed E-state index contributed by atoms with van der Waals surface area (Å²) >= 11 is 0. The van der Waals surface area contributed by atoms with Gasteiger partial charge in [-0.1, -0.05) is 159 Å². The molecule has 0 saturated heterocycles. The van der Waals surface area contributed by atoms with Crippen molar-refractivity contribution in [3.05, 3.63) is 48.6 Å². The molecule has 0 radical (unpaired) electrons. The third-order valence-corrected chi connectivity index (χ3v) is 10.2. The van der Waals surface area contributed by atoms with Gasteiger partial charge in [0.25, 0.3) is 0 Å². The van der Waals surface area contributed by atoms with E-state index in [1.54, 1.807) is 0 Å². The predicted molar refractivity (Wildman–Crippen MR) is 238 cm³/mol. The fourth-order valence-corrected chi connectivity index (χ4v) is 6.57. The Morgan fingerprint density at radius 3 is 1.53 bits per heavy atom.